The first kappa shape index (κ1) is 33.9. The van der Waals surface area contributed by atoms with Gasteiger partial charge in [0, 0.05) is 62.8 Å². The Labute approximate surface area is 259 Å². The predicted octanol–water partition coefficient (Wildman–Crippen LogP) is 4.89. The second-order valence-electron chi connectivity index (χ2n) is 10.4. The molecule has 0 saturated carbocycles. The van der Waals surface area contributed by atoms with Crippen LogP contribution in [0.25, 0.3) is 6.08 Å². The van der Waals surface area contributed by atoms with Crippen molar-refractivity contribution < 1.29 is 24.6 Å². The standard InChI is InChI=1S/C31H38N4O.C4H4O4/c1-2-27(24-26-12-11-17-32-25-26)31(36)33-18-9-10-19-34-20-22-35(23-21-34)30(28-13-5-3-6-14-28)29-15-7-4-8-16-29;5-3(6)1-2-4(7)8/h3-8,11-17,24-25,30H,2,9-10,18-23H2,1H3,(H,33,36);1-2H,(H,5,6)(H,7,8)/b27-24+;2-1+. The minimum atomic E-state index is -1.26. The highest BCUT2D eigenvalue weighted by atomic mass is 16.4. The number of unbranched alkanes of at least 4 members (excludes halogenated alkanes) is 1. The van der Waals surface area contributed by atoms with E-state index in [1.807, 2.05) is 25.1 Å². The summed E-state index contributed by atoms with van der Waals surface area (Å²) in [5, 5.41) is 18.7. The van der Waals surface area contributed by atoms with Gasteiger partial charge in [0.25, 0.3) is 0 Å². The molecule has 232 valence electrons. The molecule has 0 bridgehead atoms. The van der Waals surface area contributed by atoms with Gasteiger partial charge in [-0.05, 0) is 54.6 Å². The summed E-state index contributed by atoms with van der Waals surface area (Å²) < 4.78 is 0. The van der Waals surface area contributed by atoms with Gasteiger partial charge in [0.15, 0.2) is 0 Å². The first-order valence-corrected chi connectivity index (χ1v) is 15.0. The number of hydrogen-bond donors (Lipinski definition) is 3. The van der Waals surface area contributed by atoms with Gasteiger partial charge < -0.3 is 20.4 Å². The van der Waals surface area contributed by atoms with E-state index < -0.39 is 11.9 Å². The Kier molecular flexibility index (Phi) is 14.5. The molecule has 4 rings (SSSR count). The Balaban J connectivity index is 0.000000583. The van der Waals surface area contributed by atoms with Crippen LogP contribution in [0.2, 0.25) is 0 Å². The lowest BCUT2D eigenvalue weighted by atomic mass is 9.96. The van der Waals surface area contributed by atoms with Crippen LogP contribution in [-0.2, 0) is 14.4 Å². The van der Waals surface area contributed by atoms with Crippen molar-refractivity contribution in [2.75, 3.05) is 39.3 Å². The van der Waals surface area contributed by atoms with Crippen molar-refractivity contribution in [1.29, 1.82) is 0 Å². The van der Waals surface area contributed by atoms with Crippen LogP contribution in [0, 0.1) is 0 Å². The van der Waals surface area contributed by atoms with Crippen molar-refractivity contribution in [2.45, 2.75) is 32.2 Å². The Bertz CT molecular complexity index is 1300. The molecule has 0 aliphatic carbocycles. The summed E-state index contributed by atoms with van der Waals surface area (Å²) in [6, 6.07) is 25.9. The van der Waals surface area contributed by atoms with Crippen molar-refractivity contribution >= 4 is 23.9 Å². The fourth-order valence-electron chi connectivity index (χ4n) is 5.04. The Morgan fingerprint density at radius 1 is 0.841 bits per heavy atom. The molecule has 1 amide bonds. The maximum absolute atomic E-state index is 12.6. The summed E-state index contributed by atoms with van der Waals surface area (Å²) >= 11 is 0. The average molecular weight is 599 g/mol. The minimum absolute atomic E-state index is 0.0304. The van der Waals surface area contributed by atoms with Gasteiger partial charge in [-0.2, -0.15) is 0 Å². The van der Waals surface area contributed by atoms with E-state index >= 15 is 0 Å². The normalized spacial score (nSPS) is 14.2. The van der Waals surface area contributed by atoms with Gasteiger partial charge in [-0.25, -0.2) is 9.59 Å². The summed E-state index contributed by atoms with van der Waals surface area (Å²) in [5.41, 5.74) is 4.48. The third-order valence-corrected chi connectivity index (χ3v) is 7.26. The van der Waals surface area contributed by atoms with E-state index in [0.29, 0.717) is 31.2 Å². The highest BCUT2D eigenvalue weighted by molar-refractivity contribution is 5.97. The van der Waals surface area contributed by atoms with E-state index in [2.05, 4.69) is 80.8 Å². The molecule has 0 atom stereocenters. The topological polar surface area (TPSA) is 123 Å². The van der Waals surface area contributed by atoms with E-state index in [0.717, 1.165) is 56.7 Å². The zero-order valence-corrected chi connectivity index (χ0v) is 25.2. The van der Waals surface area contributed by atoms with Crippen LogP contribution in [-0.4, -0.2) is 82.1 Å². The molecule has 3 aromatic rings. The van der Waals surface area contributed by atoms with E-state index in [4.69, 9.17) is 10.2 Å². The predicted molar refractivity (Wildman–Crippen MR) is 172 cm³/mol. The molecule has 1 aliphatic rings. The highest BCUT2D eigenvalue weighted by Gasteiger charge is 2.26. The van der Waals surface area contributed by atoms with Crippen LogP contribution in [0.3, 0.4) is 0 Å². The number of hydrogen-bond acceptors (Lipinski definition) is 6. The number of carboxylic acids is 2. The van der Waals surface area contributed by atoms with E-state index in [1.54, 1.807) is 12.4 Å². The molecule has 1 aliphatic heterocycles. The van der Waals surface area contributed by atoms with Crippen molar-refractivity contribution in [1.82, 2.24) is 20.1 Å². The Hall–Kier alpha value is -4.60. The van der Waals surface area contributed by atoms with Crippen LogP contribution in [0.1, 0.15) is 48.9 Å². The fraction of sp³-hybridized carbons (Fsp3) is 0.314. The fourth-order valence-corrected chi connectivity index (χ4v) is 5.04. The third kappa shape index (κ3) is 11.9. The molecule has 0 unspecified atom stereocenters. The SMILES string of the molecule is CC/C(=C\c1cccnc1)C(=O)NCCCCN1CCN(C(c2ccccc2)c2ccccc2)CC1.O=C(O)/C=C/C(=O)O. The number of rotatable bonds is 13. The molecule has 3 N–H and O–H groups in total. The number of carboxylic acid groups (broad SMARTS) is 2. The maximum Gasteiger partial charge on any atom is 0.328 e. The first-order chi connectivity index (χ1) is 21.4. The number of carbonyl (C=O) groups is 3. The lowest BCUT2D eigenvalue weighted by Gasteiger charge is -2.39. The number of amides is 1. The average Bonchev–Trinajstić information content (AvgIpc) is 3.05. The van der Waals surface area contributed by atoms with Crippen molar-refractivity contribution in [2.24, 2.45) is 0 Å². The van der Waals surface area contributed by atoms with Crippen molar-refractivity contribution in [3.8, 4) is 0 Å². The number of nitrogens with zero attached hydrogens (tertiary/aromatic N) is 3. The number of aliphatic carboxylic acids is 2. The molecule has 2 heterocycles. The van der Waals surface area contributed by atoms with Crippen LogP contribution in [0.15, 0.2) is 103 Å². The molecule has 9 nitrogen and oxygen atoms in total. The van der Waals surface area contributed by atoms with Crippen LogP contribution in [0.4, 0.5) is 0 Å². The molecular formula is C35H42N4O5. The molecule has 9 heteroatoms. The summed E-state index contributed by atoms with van der Waals surface area (Å²) in [6.45, 7) is 8.09. The van der Waals surface area contributed by atoms with Crippen molar-refractivity contribution in [3.63, 3.8) is 0 Å². The molecule has 44 heavy (non-hydrogen) atoms. The lowest BCUT2D eigenvalue weighted by molar-refractivity contribution is -0.134. The number of benzene rings is 2. The molecule has 0 radical (unpaired) electrons. The number of carbonyl (C=O) groups excluding carboxylic acids is 1. The molecule has 1 saturated heterocycles. The summed E-state index contributed by atoms with van der Waals surface area (Å²) in [4.78, 5) is 41.0. The minimum Gasteiger partial charge on any atom is -0.478 e. The summed E-state index contributed by atoms with van der Waals surface area (Å²) in [5.74, 6) is -2.48. The summed E-state index contributed by atoms with van der Waals surface area (Å²) in [7, 11) is 0. The second-order valence-corrected chi connectivity index (χ2v) is 10.4. The molecule has 0 spiro atoms. The Morgan fingerprint density at radius 3 is 1.93 bits per heavy atom. The quantitative estimate of drug-likeness (QED) is 0.188. The van der Waals surface area contributed by atoms with Gasteiger partial charge >= 0.3 is 11.9 Å². The largest absolute Gasteiger partial charge is 0.478 e. The third-order valence-electron chi connectivity index (χ3n) is 7.26. The van der Waals surface area contributed by atoms with Gasteiger partial charge in [0.05, 0.1) is 6.04 Å². The van der Waals surface area contributed by atoms with Gasteiger partial charge in [0.1, 0.15) is 0 Å². The van der Waals surface area contributed by atoms with Crippen LogP contribution < -0.4 is 5.32 Å². The smallest absolute Gasteiger partial charge is 0.328 e. The van der Waals surface area contributed by atoms with Gasteiger partial charge in [-0.1, -0.05) is 73.7 Å². The zero-order chi connectivity index (χ0) is 31.6. The highest BCUT2D eigenvalue weighted by Crippen LogP contribution is 2.29. The van der Waals surface area contributed by atoms with Crippen LogP contribution in [0.5, 0.6) is 0 Å². The number of aromatic nitrogens is 1. The van der Waals surface area contributed by atoms with E-state index in [-0.39, 0.29) is 5.91 Å². The second kappa shape index (κ2) is 18.8. The summed E-state index contributed by atoms with van der Waals surface area (Å²) in [6.07, 6.45) is 9.36. The molecule has 1 aromatic heterocycles. The molecule has 1 fully saturated rings. The number of nitrogens with one attached hydrogen (secondary N) is 1. The number of piperazine rings is 1. The zero-order valence-electron chi connectivity index (χ0n) is 25.2. The van der Waals surface area contributed by atoms with Gasteiger partial charge in [-0.15, -0.1) is 0 Å². The monoisotopic (exact) mass is 598 g/mol. The maximum atomic E-state index is 12.6. The molecular weight excluding hydrogens is 556 g/mol. The van der Waals surface area contributed by atoms with E-state index in [1.165, 1.54) is 11.1 Å². The van der Waals surface area contributed by atoms with Crippen molar-refractivity contribution in [3.05, 3.63) is 120 Å². The van der Waals surface area contributed by atoms with E-state index in [9.17, 15) is 14.4 Å². The first-order valence-electron chi connectivity index (χ1n) is 15.0. The van der Waals surface area contributed by atoms with Gasteiger partial charge in [-0.3, -0.25) is 14.7 Å². The Morgan fingerprint density at radius 2 is 1.43 bits per heavy atom. The van der Waals surface area contributed by atoms with Gasteiger partial charge in [0.2, 0.25) is 5.91 Å². The molecule has 2 aromatic carbocycles. The van der Waals surface area contributed by atoms with Crippen LogP contribution >= 0.6 is 0 Å². The number of pyridine rings is 1. The lowest BCUT2D eigenvalue weighted by Crippen LogP contribution is -2.48.